The second-order valence-corrected chi connectivity index (χ2v) is 4.70. The monoisotopic (exact) mass is 256 g/mol. The van der Waals surface area contributed by atoms with E-state index in [2.05, 4.69) is 41.2 Å². The maximum Gasteiger partial charge on any atom is 0.225 e. The van der Waals surface area contributed by atoms with Gasteiger partial charge in [0.15, 0.2) is 0 Å². The number of hydrogen-bond donors (Lipinski definition) is 1. The Hall–Kier alpha value is -1.94. The van der Waals surface area contributed by atoms with Crippen LogP contribution in [0.25, 0.3) is 11.1 Å². The highest BCUT2D eigenvalue weighted by Crippen LogP contribution is 2.19. The molecule has 0 saturated heterocycles. The summed E-state index contributed by atoms with van der Waals surface area (Å²) in [6.45, 7) is 3.64. The van der Waals surface area contributed by atoms with E-state index in [-0.39, 0.29) is 0 Å². The minimum Gasteiger partial charge on any atom is -0.344 e. The van der Waals surface area contributed by atoms with Crippen LogP contribution < -0.4 is 10.6 Å². The molecular weight excluding hydrogens is 236 g/mol. The lowest BCUT2D eigenvalue weighted by Crippen LogP contribution is -2.22. The molecule has 1 aromatic carbocycles. The Kier molecular flexibility index (Phi) is 4.47. The highest BCUT2D eigenvalue weighted by molar-refractivity contribution is 5.62. The molecule has 2 N–H and O–H groups in total. The first kappa shape index (κ1) is 13.5. The van der Waals surface area contributed by atoms with E-state index in [9.17, 15) is 0 Å². The zero-order valence-corrected chi connectivity index (χ0v) is 11.5. The molecule has 0 amide bonds. The van der Waals surface area contributed by atoms with E-state index in [1.54, 1.807) is 0 Å². The van der Waals surface area contributed by atoms with Gasteiger partial charge in [0.2, 0.25) is 5.95 Å². The van der Waals surface area contributed by atoms with Crippen LogP contribution in [0.5, 0.6) is 0 Å². The van der Waals surface area contributed by atoms with Gasteiger partial charge in [0.1, 0.15) is 0 Å². The molecule has 100 valence electrons. The minimum atomic E-state index is 0.686. The largest absolute Gasteiger partial charge is 0.344 e. The quantitative estimate of drug-likeness (QED) is 0.891. The van der Waals surface area contributed by atoms with Crippen molar-refractivity contribution in [1.29, 1.82) is 0 Å². The number of hydrogen-bond acceptors (Lipinski definition) is 4. The number of benzene rings is 1. The van der Waals surface area contributed by atoms with Crippen molar-refractivity contribution in [3.63, 3.8) is 0 Å². The zero-order valence-electron chi connectivity index (χ0n) is 11.5. The number of anilines is 1. The summed E-state index contributed by atoms with van der Waals surface area (Å²) in [4.78, 5) is 10.8. The molecule has 0 radical (unpaired) electrons. The summed E-state index contributed by atoms with van der Waals surface area (Å²) in [7, 11) is 1.98. The van der Waals surface area contributed by atoms with Crippen molar-refractivity contribution >= 4 is 5.95 Å². The molecule has 4 nitrogen and oxygen atoms in total. The fraction of sp³-hybridized carbons (Fsp3) is 0.333. The van der Waals surface area contributed by atoms with Crippen molar-refractivity contribution in [2.24, 2.45) is 5.73 Å². The first-order valence-corrected chi connectivity index (χ1v) is 6.51. The van der Waals surface area contributed by atoms with Crippen molar-refractivity contribution in [2.45, 2.75) is 13.3 Å². The van der Waals surface area contributed by atoms with Crippen molar-refractivity contribution < 1.29 is 0 Å². The summed E-state index contributed by atoms with van der Waals surface area (Å²) in [6.07, 6.45) is 4.68. The van der Waals surface area contributed by atoms with Gasteiger partial charge < -0.3 is 10.6 Å². The Labute approximate surface area is 114 Å². The molecule has 1 aromatic heterocycles. The van der Waals surface area contributed by atoms with E-state index < -0.39 is 0 Å². The van der Waals surface area contributed by atoms with Gasteiger partial charge in [-0.3, -0.25) is 0 Å². The number of aromatic nitrogens is 2. The molecule has 0 saturated carbocycles. The molecule has 0 spiro atoms. The van der Waals surface area contributed by atoms with Gasteiger partial charge in [-0.05, 0) is 25.5 Å². The fourth-order valence-corrected chi connectivity index (χ4v) is 1.84. The lowest BCUT2D eigenvalue weighted by molar-refractivity contribution is 0.775. The molecule has 0 unspecified atom stereocenters. The first-order valence-electron chi connectivity index (χ1n) is 6.51. The van der Waals surface area contributed by atoms with Crippen LogP contribution in [-0.4, -0.2) is 30.1 Å². The Morgan fingerprint density at radius 3 is 2.26 bits per heavy atom. The summed E-state index contributed by atoms with van der Waals surface area (Å²) in [5.74, 6) is 0.740. The predicted molar refractivity (Wildman–Crippen MR) is 79.1 cm³/mol. The molecule has 0 aliphatic carbocycles. The summed E-state index contributed by atoms with van der Waals surface area (Å²) < 4.78 is 0. The highest BCUT2D eigenvalue weighted by atomic mass is 15.2. The fourth-order valence-electron chi connectivity index (χ4n) is 1.84. The number of nitrogens with zero attached hydrogens (tertiary/aromatic N) is 3. The molecule has 2 rings (SSSR count). The molecule has 1 heterocycles. The SMILES string of the molecule is Cc1ccc(-c2cnc(N(C)CCCN)nc2)cc1. The third-order valence-corrected chi connectivity index (χ3v) is 3.06. The average molecular weight is 256 g/mol. The van der Waals surface area contributed by atoms with Gasteiger partial charge in [0.05, 0.1) is 0 Å². The van der Waals surface area contributed by atoms with Crippen LogP contribution in [0.4, 0.5) is 5.95 Å². The smallest absolute Gasteiger partial charge is 0.225 e. The number of nitrogens with two attached hydrogens (primary N) is 1. The van der Waals surface area contributed by atoms with E-state index in [0.717, 1.165) is 30.0 Å². The second kappa shape index (κ2) is 6.29. The molecule has 19 heavy (non-hydrogen) atoms. The van der Waals surface area contributed by atoms with Crippen LogP contribution in [0.3, 0.4) is 0 Å². The van der Waals surface area contributed by atoms with Gasteiger partial charge >= 0.3 is 0 Å². The van der Waals surface area contributed by atoms with Crippen molar-refractivity contribution in [1.82, 2.24) is 9.97 Å². The minimum absolute atomic E-state index is 0.686. The van der Waals surface area contributed by atoms with Gasteiger partial charge in [0.25, 0.3) is 0 Å². The molecule has 0 bridgehead atoms. The van der Waals surface area contributed by atoms with Crippen LogP contribution in [0.1, 0.15) is 12.0 Å². The third-order valence-electron chi connectivity index (χ3n) is 3.06. The molecule has 0 aliphatic rings. The van der Waals surface area contributed by atoms with Gasteiger partial charge in [-0.2, -0.15) is 0 Å². The normalized spacial score (nSPS) is 10.5. The van der Waals surface area contributed by atoms with Crippen molar-refractivity contribution in [3.8, 4) is 11.1 Å². The lowest BCUT2D eigenvalue weighted by atomic mass is 10.1. The van der Waals surface area contributed by atoms with Crippen molar-refractivity contribution in [2.75, 3.05) is 25.0 Å². The Morgan fingerprint density at radius 1 is 1.05 bits per heavy atom. The molecule has 0 aliphatic heterocycles. The van der Waals surface area contributed by atoms with Gasteiger partial charge in [0, 0.05) is 31.5 Å². The van der Waals surface area contributed by atoms with E-state index in [0.29, 0.717) is 6.54 Å². The van der Waals surface area contributed by atoms with E-state index >= 15 is 0 Å². The lowest BCUT2D eigenvalue weighted by Gasteiger charge is -2.16. The maximum absolute atomic E-state index is 5.50. The first-order chi connectivity index (χ1) is 9.20. The topological polar surface area (TPSA) is 55.0 Å². The molecule has 0 atom stereocenters. The average Bonchev–Trinajstić information content (AvgIpc) is 2.46. The van der Waals surface area contributed by atoms with Crippen LogP contribution in [0, 0.1) is 6.92 Å². The predicted octanol–water partition coefficient (Wildman–Crippen LogP) is 2.24. The summed E-state index contributed by atoms with van der Waals surface area (Å²) in [6, 6.07) is 8.37. The summed E-state index contributed by atoms with van der Waals surface area (Å²) in [5.41, 5.74) is 8.93. The Bertz CT molecular complexity index is 505. The van der Waals surface area contributed by atoms with E-state index in [4.69, 9.17) is 5.73 Å². The summed E-state index contributed by atoms with van der Waals surface area (Å²) in [5, 5.41) is 0. The number of aryl methyl sites for hydroxylation is 1. The Balaban J connectivity index is 2.11. The van der Waals surface area contributed by atoms with E-state index in [1.165, 1.54) is 5.56 Å². The molecule has 2 aromatic rings. The van der Waals surface area contributed by atoms with Gasteiger partial charge in [-0.15, -0.1) is 0 Å². The van der Waals surface area contributed by atoms with Crippen LogP contribution in [0.2, 0.25) is 0 Å². The van der Waals surface area contributed by atoms with Crippen LogP contribution in [0.15, 0.2) is 36.7 Å². The second-order valence-electron chi connectivity index (χ2n) is 4.70. The van der Waals surface area contributed by atoms with Crippen LogP contribution >= 0.6 is 0 Å². The molecule has 4 heteroatoms. The highest BCUT2D eigenvalue weighted by Gasteiger charge is 2.04. The van der Waals surface area contributed by atoms with Gasteiger partial charge in [-0.25, -0.2) is 9.97 Å². The summed E-state index contributed by atoms with van der Waals surface area (Å²) >= 11 is 0. The van der Waals surface area contributed by atoms with Crippen LogP contribution in [-0.2, 0) is 0 Å². The molecule has 0 fully saturated rings. The van der Waals surface area contributed by atoms with Crippen molar-refractivity contribution in [3.05, 3.63) is 42.2 Å². The van der Waals surface area contributed by atoms with Gasteiger partial charge in [-0.1, -0.05) is 29.8 Å². The van der Waals surface area contributed by atoms with E-state index in [1.807, 2.05) is 24.3 Å². The number of rotatable bonds is 5. The standard InChI is InChI=1S/C15H20N4/c1-12-4-6-13(7-5-12)14-10-17-15(18-11-14)19(2)9-3-8-16/h4-7,10-11H,3,8-9,16H2,1-2H3. The molecular formula is C15H20N4. The maximum atomic E-state index is 5.50. The third kappa shape index (κ3) is 3.51. The zero-order chi connectivity index (χ0) is 13.7. The Morgan fingerprint density at radius 2 is 1.68 bits per heavy atom.